The van der Waals surface area contributed by atoms with E-state index in [-0.39, 0.29) is 10.8 Å². The predicted octanol–water partition coefficient (Wildman–Crippen LogP) is 1.40. The van der Waals surface area contributed by atoms with Crippen LogP contribution in [0.15, 0.2) is 34.5 Å². The summed E-state index contributed by atoms with van der Waals surface area (Å²) in [5.41, 5.74) is 1.09. The van der Waals surface area contributed by atoms with Crippen LogP contribution in [0.25, 0.3) is 0 Å². The van der Waals surface area contributed by atoms with Crippen molar-refractivity contribution in [1.29, 1.82) is 0 Å². The standard InChI is InChI=1S/C16H19N3O4S2/c1-12-18-14(11-24-12)10-17-16(20)13-3-2-4-15(9-13)25(21,22)19-5-7-23-8-6-19/h2-4,9,11H,5-8,10H2,1H3,(H,17,20). The molecule has 0 aliphatic carbocycles. The maximum atomic E-state index is 12.7. The third-order valence-electron chi connectivity index (χ3n) is 3.80. The van der Waals surface area contributed by atoms with E-state index in [2.05, 4.69) is 10.3 Å². The summed E-state index contributed by atoms with van der Waals surface area (Å²) in [6.07, 6.45) is 0. The first-order chi connectivity index (χ1) is 12.0. The summed E-state index contributed by atoms with van der Waals surface area (Å²) in [5, 5.41) is 5.58. The fourth-order valence-corrected chi connectivity index (χ4v) is 4.56. The van der Waals surface area contributed by atoms with Crippen molar-refractivity contribution in [3.05, 3.63) is 45.9 Å². The average Bonchev–Trinajstić information content (AvgIpc) is 3.06. The van der Waals surface area contributed by atoms with Crippen molar-refractivity contribution in [2.75, 3.05) is 26.3 Å². The van der Waals surface area contributed by atoms with E-state index in [0.717, 1.165) is 10.7 Å². The van der Waals surface area contributed by atoms with Gasteiger partial charge in [0.05, 0.1) is 35.4 Å². The number of nitrogens with zero attached hydrogens (tertiary/aromatic N) is 2. The van der Waals surface area contributed by atoms with Crippen molar-refractivity contribution in [2.24, 2.45) is 0 Å². The van der Waals surface area contributed by atoms with E-state index in [9.17, 15) is 13.2 Å². The zero-order chi connectivity index (χ0) is 17.9. The molecule has 1 aromatic carbocycles. The van der Waals surface area contributed by atoms with Crippen LogP contribution in [0.1, 0.15) is 21.1 Å². The van der Waals surface area contributed by atoms with Crippen LogP contribution >= 0.6 is 11.3 Å². The Balaban J connectivity index is 1.73. The molecule has 9 heteroatoms. The molecule has 0 radical (unpaired) electrons. The van der Waals surface area contributed by atoms with Gasteiger partial charge in [-0.1, -0.05) is 6.07 Å². The number of rotatable bonds is 5. The topological polar surface area (TPSA) is 88.6 Å². The van der Waals surface area contributed by atoms with Crippen LogP contribution < -0.4 is 5.32 Å². The zero-order valence-electron chi connectivity index (χ0n) is 13.8. The van der Waals surface area contributed by atoms with E-state index in [4.69, 9.17) is 4.74 Å². The number of benzene rings is 1. The number of aromatic nitrogens is 1. The van der Waals surface area contributed by atoms with Crippen LogP contribution in [0.4, 0.5) is 0 Å². The third kappa shape index (κ3) is 4.24. The van der Waals surface area contributed by atoms with Gasteiger partial charge in [-0.25, -0.2) is 13.4 Å². The van der Waals surface area contributed by atoms with Gasteiger partial charge in [-0.3, -0.25) is 4.79 Å². The molecule has 3 rings (SSSR count). The van der Waals surface area contributed by atoms with Gasteiger partial charge in [0.1, 0.15) is 0 Å². The lowest BCUT2D eigenvalue weighted by Crippen LogP contribution is -2.40. The van der Waals surface area contributed by atoms with Crippen LogP contribution in [0.2, 0.25) is 0 Å². The maximum absolute atomic E-state index is 12.7. The molecule has 1 aliphatic rings. The van der Waals surface area contributed by atoms with Gasteiger partial charge in [0.25, 0.3) is 5.91 Å². The molecule has 0 bridgehead atoms. The van der Waals surface area contributed by atoms with E-state index in [1.807, 2.05) is 12.3 Å². The quantitative estimate of drug-likeness (QED) is 0.846. The predicted molar refractivity (Wildman–Crippen MR) is 94.0 cm³/mol. The summed E-state index contributed by atoms with van der Waals surface area (Å²) in [4.78, 5) is 16.7. The molecule has 1 aromatic heterocycles. The van der Waals surface area contributed by atoms with Crippen LogP contribution in [0.3, 0.4) is 0 Å². The molecule has 1 aliphatic heterocycles. The highest BCUT2D eigenvalue weighted by Crippen LogP contribution is 2.18. The first-order valence-corrected chi connectivity index (χ1v) is 10.2. The number of aryl methyl sites for hydroxylation is 1. The number of nitrogens with one attached hydrogen (secondary N) is 1. The number of amides is 1. The Morgan fingerprint density at radius 3 is 2.80 bits per heavy atom. The summed E-state index contributed by atoms with van der Waals surface area (Å²) in [7, 11) is -3.62. The Morgan fingerprint density at radius 2 is 2.12 bits per heavy atom. The molecule has 2 heterocycles. The lowest BCUT2D eigenvalue weighted by atomic mass is 10.2. The molecule has 7 nitrogen and oxygen atoms in total. The highest BCUT2D eigenvalue weighted by molar-refractivity contribution is 7.89. The second-order valence-corrected chi connectivity index (χ2v) is 8.58. The van der Waals surface area contributed by atoms with Gasteiger partial charge in [-0.05, 0) is 25.1 Å². The van der Waals surface area contributed by atoms with Gasteiger partial charge in [-0.15, -0.1) is 11.3 Å². The molecule has 1 saturated heterocycles. The molecule has 0 atom stereocenters. The van der Waals surface area contributed by atoms with Crippen LogP contribution in [0.5, 0.6) is 0 Å². The normalized spacial score (nSPS) is 15.9. The molecule has 0 unspecified atom stereocenters. The Labute approximate surface area is 150 Å². The SMILES string of the molecule is Cc1nc(CNC(=O)c2cccc(S(=O)(=O)N3CCOCC3)c2)cs1. The van der Waals surface area contributed by atoms with Gasteiger partial charge in [0, 0.05) is 24.0 Å². The Hall–Kier alpha value is -1.81. The Kier molecular flexibility index (Phi) is 5.48. The number of morpholine rings is 1. The fourth-order valence-electron chi connectivity index (χ4n) is 2.50. The summed E-state index contributed by atoms with van der Waals surface area (Å²) in [5.74, 6) is -0.329. The summed E-state index contributed by atoms with van der Waals surface area (Å²) >= 11 is 1.52. The third-order valence-corrected chi connectivity index (χ3v) is 6.52. The molecule has 1 amide bonds. The van der Waals surface area contributed by atoms with Gasteiger partial charge in [0.2, 0.25) is 10.0 Å². The summed E-state index contributed by atoms with van der Waals surface area (Å²) < 4.78 is 31.9. The van der Waals surface area contributed by atoms with Crippen molar-refractivity contribution < 1.29 is 17.9 Å². The second-order valence-electron chi connectivity index (χ2n) is 5.58. The van der Waals surface area contributed by atoms with Crippen molar-refractivity contribution in [2.45, 2.75) is 18.4 Å². The molecule has 25 heavy (non-hydrogen) atoms. The molecule has 2 aromatic rings. The number of hydrogen-bond acceptors (Lipinski definition) is 6. The second kappa shape index (κ2) is 7.61. The first-order valence-electron chi connectivity index (χ1n) is 7.84. The Morgan fingerprint density at radius 1 is 1.36 bits per heavy atom. The van der Waals surface area contributed by atoms with Crippen molar-refractivity contribution in [3.63, 3.8) is 0 Å². The van der Waals surface area contributed by atoms with Crippen LogP contribution in [-0.2, 0) is 21.3 Å². The first kappa shape index (κ1) is 18.0. The molecule has 1 N–H and O–H groups in total. The zero-order valence-corrected chi connectivity index (χ0v) is 15.4. The number of carbonyl (C=O) groups is 1. The molecule has 0 saturated carbocycles. The van der Waals surface area contributed by atoms with Gasteiger partial charge < -0.3 is 10.1 Å². The summed E-state index contributed by atoms with van der Waals surface area (Å²) in [6.45, 7) is 3.61. The minimum atomic E-state index is -3.62. The van der Waals surface area contributed by atoms with Gasteiger partial charge >= 0.3 is 0 Å². The molecule has 1 fully saturated rings. The maximum Gasteiger partial charge on any atom is 0.251 e. The van der Waals surface area contributed by atoms with Crippen LogP contribution in [-0.4, -0.2) is 49.9 Å². The molecule has 134 valence electrons. The highest BCUT2D eigenvalue weighted by atomic mass is 32.2. The number of thiazole rings is 1. The van der Waals surface area contributed by atoms with E-state index < -0.39 is 10.0 Å². The number of ether oxygens (including phenoxy) is 1. The summed E-state index contributed by atoms with van der Waals surface area (Å²) in [6, 6.07) is 6.09. The highest BCUT2D eigenvalue weighted by Gasteiger charge is 2.26. The molecular formula is C16H19N3O4S2. The van der Waals surface area contributed by atoms with Crippen molar-refractivity contribution in [1.82, 2.24) is 14.6 Å². The molecular weight excluding hydrogens is 362 g/mol. The lowest BCUT2D eigenvalue weighted by Gasteiger charge is -2.26. The average molecular weight is 381 g/mol. The van der Waals surface area contributed by atoms with E-state index in [1.54, 1.807) is 12.1 Å². The smallest absolute Gasteiger partial charge is 0.251 e. The lowest BCUT2D eigenvalue weighted by molar-refractivity contribution is 0.0730. The van der Waals surface area contributed by atoms with Crippen molar-refractivity contribution in [3.8, 4) is 0 Å². The fraction of sp³-hybridized carbons (Fsp3) is 0.375. The minimum absolute atomic E-state index is 0.117. The molecule has 0 spiro atoms. The number of sulfonamides is 1. The van der Waals surface area contributed by atoms with E-state index >= 15 is 0 Å². The monoisotopic (exact) mass is 381 g/mol. The number of hydrogen-bond donors (Lipinski definition) is 1. The van der Waals surface area contributed by atoms with E-state index in [0.29, 0.717) is 38.4 Å². The van der Waals surface area contributed by atoms with Gasteiger partial charge in [0.15, 0.2) is 0 Å². The van der Waals surface area contributed by atoms with Gasteiger partial charge in [-0.2, -0.15) is 4.31 Å². The number of carbonyl (C=O) groups excluding carboxylic acids is 1. The Bertz CT molecular complexity index is 858. The van der Waals surface area contributed by atoms with Crippen molar-refractivity contribution >= 4 is 27.3 Å². The van der Waals surface area contributed by atoms with Crippen LogP contribution in [0, 0.1) is 6.92 Å². The van der Waals surface area contributed by atoms with E-state index in [1.165, 1.54) is 27.8 Å². The minimum Gasteiger partial charge on any atom is -0.379 e. The largest absolute Gasteiger partial charge is 0.379 e.